The molecule has 7 aromatic carbocycles. The van der Waals surface area contributed by atoms with Crippen LogP contribution in [0.25, 0.3) is 92.6 Å². The molecule has 0 spiro atoms. The molecule has 0 saturated heterocycles. The molecule has 0 aliphatic rings. The number of benzene rings is 7. The molecule has 10 rings (SSSR count). The summed E-state index contributed by atoms with van der Waals surface area (Å²) in [4.78, 5) is 15.4. The molecule has 3 aromatic heterocycles. The fourth-order valence-electron chi connectivity index (χ4n) is 7.09. The lowest BCUT2D eigenvalue weighted by Crippen LogP contribution is -2.06. The molecule has 0 atom stereocenters. The fourth-order valence-corrected chi connectivity index (χ4v) is 8.33. The largest absolute Gasteiger partial charge is 0.276 e. The molecule has 0 aliphatic carbocycles. The average molecular weight is 631 g/mol. The normalized spacial score (nSPS) is 11.8. The van der Waals surface area contributed by atoms with Crippen molar-refractivity contribution in [2.45, 2.75) is 0 Å². The van der Waals surface area contributed by atoms with Crippen LogP contribution in [0.2, 0.25) is 0 Å². The summed E-state index contributed by atoms with van der Waals surface area (Å²) in [6.45, 7) is 0. The van der Waals surface area contributed by atoms with Crippen LogP contribution in [0.4, 0.5) is 0 Å². The lowest BCUT2D eigenvalue weighted by atomic mass is 9.97. The number of thiophene rings is 1. The first-order valence-corrected chi connectivity index (χ1v) is 16.9. The van der Waals surface area contributed by atoms with E-state index in [4.69, 9.17) is 15.0 Å². The second kappa shape index (κ2) is 10.7. The Labute approximate surface area is 280 Å². The van der Waals surface area contributed by atoms with E-state index in [2.05, 4.69) is 126 Å². The lowest BCUT2D eigenvalue weighted by Gasteiger charge is -2.12. The van der Waals surface area contributed by atoms with E-state index in [1.807, 2.05) is 47.7 Å². The molecule has 0 N–H and O–H groups in total. The van der Waals surface area contributed by atoms with Crippen molar-refractivity contribution in [3.8, 4) is 39.9 Å². The van der Waals surface area contributed by atoms with Gasteiger partial charge in [0, 0.05) is 37.4 Å². The van der Waals surface area contributed by atoms with E-state index in [1.165, 1.54) is 52.8 Å². The number of hydrogen-bond donors (Lipinski definition) is 0. The minimum Gasteiger partial charge on any atom is -0.276 e. The maximum atomic E-state index is 5.21. The van der Waals surface area contributed by atoms with Crippen LogP contribution in [0.3, 0.4) is 0 Å². The van der Waals surface area contributed by atoms with Gasteiger partial charge in [0.2, 0.25) is 5.95 Å². The summed E-state index contributed by atoms with van der Waals surface area (Å²) in [6.07, 6.45) is 0. The van der Waals surface area contributed by atoms with E-state index in [0.717, 1.165) is 22.2 Å². The van der Waals surface area contributed by atoms with Gasteiger partial charge >= 0.3 is 0 Å². The predicted molar refractivity (Wildman–Crippen MR) is 201 cm³/mol. The number of para-hydroxylation sites is 1. The molecule has 0 saturated carbocycles. The predicted octanol–water partition coefficient (Wildman–Crippen LogP) is 11.5. The summed E-state index contributed by atoms with van der Waals surface area (Å²) in [5.74, 6) is 1.89. The van der Waals surface area contributed by atoms with E-state index in [-0.39, 0.29) is 0 Å². The van der Waals surface area contributed by atoms with Crippen molar-refractivity contribution in [1.29, 1.82) is 0 Å². The Kier molecular flexibility index (Phi) is 6.01. The number of hydrogen-bond acceptors (Lipinski definition) is 4. The molecule has 0 radical (unpaired) electrons. The highest BCUT2D eigenvalue weighted by molar-refractivity contribution is 7.27. The average Bonchev–Trinajstić information content (AvgIpc) is 3.72. The van der Waals surface area contributed by atoms with Gasteiger partial charge in [0.15, 0.2) is 11.6 Å². The van der Waals surface area contributed by atoms with Crippen molar-refractivity contribution < 1.29 is 0 Å². The molecule has 4 nitrogen and oxygen atoms in total. The quantitative estimate of drug-likeness (QED) is 0.194. The molecule has 10 aromatic rings. The first-order chi connectivity index (χ1) is 23.8. The Morgan fingerprint density at radius 1 is 0.417 bits per heavy atom. The fraction of sp³-hybridized carbons (Fsp3) is 0. The van der Waals surface area contributed by atoms with Crippen LogP contribution in [-0.4, -0.2) is 19.5 Å². The Morgan fingerprint density at radius 3 is 1.60 bits per heavy atom. The van der Waals surface area contributed by atoms with Crippen LogP contribution < -0.4 is 0 Å². The Hall–Kier alpha value is -6.17. The number of aromatic nitrogens is 4. The minimum absolute atomic E-state index is 0.605. The number of fused-ring (bicyclic) bond motifs is 10. The summed E-state index contributed by atoms with van der Waals surface area (Å²) in [7, 11) is 0. The highest BCUT2D eigenvalue weighted by Gasteiger charge is 2.24. The van der Waals surface area contributed by atoms with Crippen LogP contribution in [0.5, 0.6) is 0 Å². The molecular formula is C43H26N4S. The molecule has 0 amide bonds. The molecule has 3 heterocycles. The van der Waals surface area contributed by atoms with E-state index < -0.39 is 0 Å². The van der Waals surface area contributed by atoms with Gasteiger partial charge in [-0.05, 0) is 40.1 Å². The number of rotatable bonds is 4. The maximum absolute atomic E-state index is 5.21. The summed E-state index contributed by atoms with van der Waals surface area (Å²) >= 11 is 1.84. The third-order valence-corrected chi connectivity index (χ3v) is 10.4. The first-order valence-electron chi connectivity index (χ1n) is 16.0. The van der Waals surface area contributed by atoms with Gasteiger partial charge in [-0.2, -0.15) is 9.97 Å². The van der Waals surface area contributed by atoms with E-state index >= 15 is 0 Å². The highest BCUT2D eigenvalue weighted by atomic mass is 32.1. The Balaban J connectivity index is 1.38. The third kappa shape index (κ3) is 4.11. The van der Waals surface area contributed by atoms with Gasteiger partial charge in [-0.1, -0.05) is 140 Å². The standard InChI is InChI=1S/C43H26N4S/c1-4-14-27(15-5-1)30-24-25-36-34(26-30)38-32-21-11-10-20-31(32)37-33-22-12-13-23-35(33)47(39(37)40(38)48-36)43-45-41(28-16-6-2-7-17-28)44-42(46-43)29-18-8-3-9-19-29/h1-26H. The van der Waals surface area contributed by atoms with Crippen LogP contribution in [0, 0.1) is 0 Å². The van der Waals surface area contributed by atoms with Crippen molar-refractivity contribution in [1.82, 2.24) is 19.5 Å². The van der Waals surface area contributed by atoms with Gasteiger partial charge in [0.25, 0.3) is 0 Å². The van der Waals surface area contributed by atoms with Crippen molar-refractivity contribution in [3.63, 3.8) is 0 Å². The topological polar surface area (TPSA) is 43.6 Å². The smallest absolute Gasteiger partial charge is 0.238 e. The molecule has 224 valence electrons. The molecule has 48 heavy (non-hydrogen) atoms. The molecule has 0 bridgehead atoms. The monoisotopic (exact) mass is 630 g/mol. The summed E-state index contributed by atoms with van der Waals surface area (Å²) < 4.78 is 4.75. The second-order valence-electron chi connectivity index (χ2n) is 12.0. The molecule has 0 unspecified atom stereocenters. The van der Waals surface area contributed by atoms with E-state index in [1.54, 1.807) is 0 Å². The van der Waals surface area contributed by atoms with Gasteiger partial charge in [0.05, 0.1) is 15.7 Å². The van der Waals surface area contributed by atoms with E-state index in [0.29, 0.717) is 17.6 Å². The molecular weight excluding hydrogens is 605 g/mol. The summed E-state index contributed by atoms with van der Waals surface area (Å²) in [6, 6.07) is 55.4. The first kappa shape index (κ1) is 27.0. The highest BCUT2D eigenvalue weighted by Crippen LogP contribution is 2.48. The van der Waals surface area contributed by atoms with Gasteiger partial charge in [0.1, 0.15) is 0 Å². The van der Waals surface area contributed by atoms with Gasteiger partial charge in [-0.25, -0.2) is 4.98 Å². The van der Waals surface area contributed by atoms with E-state index in [9.17, 15) is 0 Å². The number of nitrogens with zero attached hydrogens (tertiary/aromatic N) is 4. The SMILES string of the molecule is c1ccc(-c2ccc3sc4c(c3c2)c2ccccc2c2c3ccccc3n(-c3nc(-c5ccccc5)nc(-c5ccccc5)n3)c42)cc1. The van der Waals surface area contributed by atoms with Crippen molar-refractivity contribution in [2.75, 3.05) is 0 Å². The van der Waals surface area contributed by atoms with Crippen LogP contribution in [0.1, 0.15) is 0 Å². The van der Waals surface area contributed by atoms with Crippen molar-refractivity contribution in [2.24, 2.45) is 0 Å². The summed E-state index contributed by atoms with van der Waals surface area (Å²) in [5, 5.41) is 7.39. The third-order valence-electron chi connectivity index (χ3n) is 9.24. The van der Waals surface area contributed by atoms with Gasteiger partial charge in [-0.15, -0.1) is 11.3 Å². The zero-order valence-corrected chi connectivity index (χ0v) is 26.5. The van der Waals surface area contributed by atoms with Crippen LogP contribution in [-0.2, 0) is 0 Å². The van der Waals surface area contributed by atoms with Crippen molar-refractivity contribution in [3.05, 3.63) is 158 Å². The lowest BCUT2D eigenvalue weighted by molar-refractivity contribution is 0.955. The zero-order valence-electron chi connectivity index (χ0n) is 25.7. The molecule has 0 aliphatic heterocycles. The minimum atomic E-state index is 0.605. The zero-order chi connectivity index (χ0) is 31.6. The van der Waals surface area contributed by atoms with Crippen molar-refractivity contribution >= 4 is 64.1 Å². The Bertz CT molecular complexity index is 2760. The van der Waals surface area contributed by atoms with Crippen LogP contribution in [0.15, 0.2) is 158 Å². The van der Waals surface area contributed by atoms with Gasteiger partial charge < -0.3 is 0 Å². The maximum Gasteiger partial charge on any atom is 0.238 e. The Morgan fingerprint density at radius 2 is 0.958 bits per heavy atom. The van der Waals surface area contributed by atoms with Crippen LogP contribution >= 0.6 is 11.3 Å². The van der Waals surface area contributed by atoms with Gasteiger partial charge in [-0.3, -0.25) is 4.57 Å². The molecule has 0 fully saturated rings. The summed E-state index contributed by atoms with van der Waals surface area (Å²) in [5.41, 5.74) is 6.51. The molecule has 5 heteroatoms. The second-order valence-corrected chi connectivity index (χ2v) is 13.1.